The third-order valence-corrected chi connectivity index (χ3v) is 1.83. The molecule has 1 heteroatoms. The molecular weight excluding hydrogens is 136 g/mol. The number of hydrogen-bond acceptors (Lipinski definition) is 1. The summed E-state index contributed by atoms with van der Waals surface area (Å²) in [7, 11) is 0. The van der Waals surface area contributed by atoms with E-state index in [1.54, 1.807) is 6.92 Å². The van der Waals surface area contributed by atoms with E-state index in [0.29, 0.717) is 0 Å². The van der Waals surface area contributed by atoms with Crippen LogP contribution in [0.15, 0.2) is 0 Å². The van der Waals surface area contributed by atoms with Gasteiger partial charge in [-0.15, -0.1) is 6.42 Å². The Balaban J connectivity index is 3.32. The highest BCUT2D eigenvalue weighted by atomic mass is 16.3. The van der Waals surface area contributed by atoms with Crippen molar-refractivity contribution in [2.45, 2.75) is 51.6 Å². The molecule has 1 N–H and O–H groups in total. The summed E-state index contributed by atoms with van der Waals surface area (Å²) in [6, 6.07) is 0. The summed E-state index contributed by atoms with van der Waals surface area (Å²) < 4.78 is 0. The lowest BCUT2D eigenvalue weighted by Crippen LogP contribution is -2.20. The maximum atomic E-state index is 9.39. The van der Waals surface area contributed by atoms with Crippen molar-refractivity contribution in [1.29, 1.82) is 0 Å². The van der Waals surface area contributed by atoms with Crippen molar-refractivity contribution in [2.24, 2.45) is 0 Å². The predicted octanol–water partition coefficient (Wildman–Crippen LogP) is 2.34. The summed E-state index contributed by atoms with van der Waals surface area (Å²) in [5.41, 5.74) is -0.881. The first-order chi connectivity index (χ1) is 5.12. The molecule has 0 saturated carbocycles. The smallest absolute Gasteiger partial charge is 0.122 e. The number of unbranched alkanes of at least 4 members (excludes halogenated alkanes) is 3. The zero-order chi connectivity index (χ0) is 8.74. The van der Waals surface area contributed by atoms with Gasteiger partial charge in [0.25, 0.3) is 0 Å². The van der Waals surface area contributed by atoms with Crippen molar-refractivity contribution in [3.8, 4) is 12.3 Å². The van der Waals surface area contributed by atoms with Gasteiger partial charge in [-0.05, 0) is 19.8 Å². The maximum absolute atomic E-state index is 9.39. The molecule has 0 aliphatic carbocycles. The Bertz CT molecular complexity index is 130. The molecule has 0 aromatic carbocycles. The Morgan fingerprint density at radius 3 is 2.45 bits per heavy atom. The summed E-state index contributed by atoms with van der Waals surface area (Å²) in [5.74, 6) is 2.37. The van der Waals surface area contributed by atoms with E-state index in [1.807, 2.05) is 0 Å². The molecule has 0 rings (SSSR count). The second-order valence-electron chi connectivity index (χ2n) is 3.23. The summed E-state index contributed by atoms with van der Waals surface area (Å²) in [4.78, 5) is 0. The van der Waals surface area contributed by atoms with Crippen LogP contribution >= 0.6 is 0 Å². The monoisotopic (exact) mass is 154 g/mol. The zero-order valence-corrected chi connectivity index (χ0v) is 7.56. The molecule has 11 heavy (non-hydrogen) atoms. The van der Waals surface area contributed by atoms with Crippen LogP contribution in [0.4, 0.5) is 0 Å². The number of rotatable bonds is 5. The SMILES string of the molecule is C#CC(C)(O)CCCCCC. The molecule has 0 heterocycles. The van der Waals surface area contributed by atoms with E-state index < -0.39 is 5.60 Å². The van der Waals surface area contributed by atoms with Crippen LogP contribution < -0.4 is 0 Å². The van der Waals surface area contributed by atoms with Gasteiger partial charge in [-0.25, -0.2) is 0 Å². The standard InChI is InChI=1S/C10H18O/c1-4-6-7-8-9-10(3,11)5-2/h2,11H,4,6-9H2,1,3H3. The minimum absolute atomic E-state index is 0.726. The van der Waals surface area contributed by atoms with Crippen molar-refractivity contribution in [2.75, 3.05) is 0 Å². The number of terminal acetylenes is 1. The van der Waals surface area contributed by atoms with Crippen LogP contribution in [0.5, 0.6) is 0 Å². The Morgan fingerprint density at radius 2 is 2.00 bits per heavy atom. The van der Waals surface area contributed by atoms with Crippen LogP contribution in [0.25, 0.3) is 0 Å². The fourth-order valence-corrected chi connectivity index (χ4v) is 0.968. The van der Waals surface area contributed by atoms with E-state index in [1.165, 1.54) is 19.3 Å². The molecule has 0 spiro atoms. The second kappa shape index (κ2) is 5.21. The van der Waals surface area contributed by atoms with Crippen LogP contribution in [0, 0.1) is 12.3 Å². The maximum Gasteiger partial charge on any atom is 0.122 e. The highest BCUT2D eigenvalue weighted by Crippen LogP contribution is 2.13. The summed E-state index contributed by atoms with van der Waals surface area (Å²) in [5, 5.41) is 9.39. The molecule has 0 bridgehead atoms. The summed E-state index contributed by atoms with van der Waals surface area (Å²) in [6.45, 7) is 3.86. The molecule has 1 atom stereocenters. The van der Waals surface area contributed by atoms with Crippen molar-refractivity contribution < 1.29 is 5.11 Å². The predicted molar refractivity (Wildman–Crippen MR) is 48.2 cm³/mol. The van der Waals surface area contributed by atoms with Crippen molar-refractivity contribution in [3.05, 3.63) is 0 Å². The van der Waals surface area contributed by atoms with Crippen molar-refractivity contribution in [1.82, 2.24) is 0 Å². The third-order valence-electron chi connectivity index (χ3n) is 1.83. The van der Waals surface area contributed by atoms with Gasteiger partial charge in [0.1, 0.15) is 5.60 Å². The molecule has 0 fully saturated rings. The Morgan fingerprint density at radius 1 is 1.36 bits per heavy atom. The highest BCUT2D eigenvalue weighted by Gasteiger charge is 2.14. The largest absolute Gasteiger partial charge is 0.378 e. The van der Waals surface area contributed by atoms with Gasteiger partial charge in [0.15, 0.2) is 0 Å². The van der Waals surface area contributed by atoms with Crippen molar-refractivity contribution >= 4 is 0 Å². The van der Waals surface area contributed by atoms with E-state index in [2.05, 4.69) is 12.8 Å². The van der Waals surface area contributed by atoms with Gasteiger partial charge in [-0.3, -0.25) is 0 Å². The molecule has 0 radical (unpaired) electrons. The van der Waals surface area contributed by atoms with E-state index in [9.17, 15) is 5.11 Å². The fraction of sp³-hybridized carbons (Fsp3) is 0.800. The Hall–Kier alpha value is -0.480. The molecular formula is C10H18O. The van der Waals surface area contributed by atoms with Gasteiger partial charge >= 0.3 is 0 Å². The van der Waals surface area contributed by atoms with E-state index >= 15 is 0 Å². The van der Waals surface area contributed by atoms with Crippen LogP contribution in [-0.2, 0) is 0 Å². The Kier molecular flexibility index (Phi) is 4.98. The minimum Gasteiger partial charge on any atom is -0.378 e. The quantitative estimate of drug-likeness (QED) is 0.476. The minimum atomic E-state index is -0.881. The second-order valence-corrected chi connectivity index (χ2v) is 3.23. The summed E-state index contributed by atoms with van der Waals surface area (Å²) in [6.07, 6.45) is 10.5. The van der Waals surface area contributed by atoms with Crippen LogP contribution in [0.2, 0.25) is 0 Å². The molecule has 0 aromatic heterocycles. The lowest BCUT2D eigenvalue weighted by atomic mass is 9.99. The molecule has 1 unspecified atom stereocenters. The molecule has 0 aliphatic rings. The summed E-state index contributed by atoms with van der Waals surface area (Å²) >= 11 is 0. The number of aliphatic hydroxyl groups is 1. The van der Waals surface area contributed by atoms with Crippen LogP contribution in [0.1, 0.15) is 46.0 Å². The normalized spacial score (nSPS) is 15.5. The average Bonchev–Trinajstić information content (AvgIpc) is 1.99. The van der Waals surface area contributed by atoms with Gasteiger partial charge in [-0.1, -0.05) is 32.1 Å². The van der Waals surface area contributed by atoms with E-state index in [-0.39, 0.29) is 0 Å². The van der Waals surface area contributed by atoms with Gasteiger partial charge in [-0.2, -0.15) is 0 Å². The number of hydrogen-bond donors (Lipinski definition) is 1. The van der Waals surface area contributed by atoms with Crippen LogP contribution in [-0.4, -0.2) is 10.7 Å². The zero-order valence-electron chi connectivity index (χ0n) is 7.56. The fourth-order valence-electron chi connectivity index (χ4n) is 0.968. The van der Waals surface area contributed by atoms with Gasteiger partial charge in [0, 0.05) is 0 Å². The third kappa shape index (κ3) is 5.94. The lowest BCUT2D eigenvalue weighted by Gasteiger charge is -2.14. The van der Waals surface area contributed by atoms with Crippen molar-refractivity contribution in [3.63, 3.8) is 0 Å². The molecule has 1 nitrogen and oxygen atoms in total. The first kappa shape index (κ1) is 10.5. The average molecular weight is 154 g/mol. The topological polar surface area (TPSA) is 20.2 Å². The van der Waals surface area contributed by atoms with Crippen LogP contribution in [0.3, 0.4) is 0 Å². The van der Waals surface area contributed by atoms with Gasteiger partial charge < -0.3 is 5.11 Å². The first-order valence-electron chi connectivity index (χ1n) is 4.32. The molecule has 0 aromatic rings. The highest BCUT2D eigenvalue weighted by molar-refractivity contribution is 5.03. The van der Waals surface area contributed by atoms with E-state index in [4.69, 9.17) is 6.42 Å². The van der Waals surface area contributed by atoms with Gasteiger partial charge in [0.05, 0.1) is 0 Å². The van der Waals surface area contributed by atoms with E-state index in [0.717, 1.165) is 12.8 Å². The lowest BCUT2D eigenvalue weighted by molar-refractivity contribution is 0.109. The van der Waals surface area contributed by atoms with Gasteiger partial charge in [0.2, 0.25) is 0 Å². The molecule has 0 saturated heterocycles. The first-order valence-corrected chi connectivity index (χ1v) is 4.32. The molecule has 0 amide bonds. The molecule has 64 valence electrons. The Labute approximate surface area is 69.8 Å². The molecule has 0 aliphatic heterocycles.